The summed E-state index contributed by atoms with van der Waals surface area (Å²) >= 11 is 0. The molecule has 0 aromatic heterocycles. The summed E-state index contributed by atoms with van der Waals surface area (Å²) in [4.78, 5) is 0. The summed E-state index contributed by atoms with van der Waals surface area (Å²) in [6.07, 6.45) is -9.93. The molecule has 0 aliphatic rings. The molecular weight excluding hydrogens is 308 g/mol. The first kappa shape index (κ1) is 18.5. The molecule has 8 heteroatoms. The molecule has 1 rings (SSSR count). The number of aromatic hydroxyl groups is 1. The van der Waals surface area contributed by atoms with E-state index in [9.17, 15) is 17.6 Å². The van der Waals surface area contributed by atoms with Crippen molar-refractivity contribution in [3.8, 4) is 11.5 Å². The van der Waals surface area contributed by atoms with E-state index in [-0.39, 0.29) is 12.4 Å². The van der Waals surface area contributed by atoms with Gasteiger partial charge < -0.3 is 14.6 Å². The Morgan fingerprint density at radius 2 is 1.68 bits per heavy atom. The van der Waals surface area contributed by atoms with Crippen LogP contribution in [-0.4, -0.2) is 30.2 Å². The molecule has 1 unspecified atom stereocenters. The van der Waals surface area contributed by atoms with Gasteiger partial charge in [0.05, 0.1) is 0 Å². The number of hydrogen-bond acceptors (Lipinski definition) is 4. The lowest BCUT2D eigenvalue weighted by Gasteiger charge is -2.28. The fourth-order valence-electron chi connectivity index (χ4n) is 1.43. The van der Waals surface area contributed by atoms with Gasteiger partial charge in [-0.3, -0.25) is 4.74 Å². The quantitative estimate of drug-likeness (QED) is 0.421. The fraction of sp³-hybridized carbons (Fsp3) is 0.571. The number of phenols is 1. The molecule has 0 saturated heterocycles. The van der Waals surface area contributed by atoms with Crippen molar-refractivity contribution in [3.05, 3.63) is 24.3 Å². The first-order valence-electron chi connectivity index (χ1n) is 6.71. The molecule has 1 aromatic rings. The zero-order valence-corrected chi connectivity index (χ0v) is 12.2. The van der Waals surface area contributed by atoms with Gasteiger partial charge in [0, 0.05) is 6.61 Å². The number of halogens is 4. The average molecular weight is 326 g/mol. The third-order valence-corrected chi connectivity index (χ3v) is 2.59. The number of ether oxygens (including phenoxy) is 3. The third-order valence-electron chi connectivity index (χ3n) is 2.59. The number of alkyl halides is 4. The standard InChI is InChI=1S/C14H18F4O4/c1-3-4-9-20-10(2)21-13(15,16)14(17,18)22-12-7-5-11(19)6-8-12/h5-8,10,19H,3-4,9H2,1-2H3. The Balaban J connectivity index is 2.65. The molecule has 0 aliphatic carbocycles. The molecule has 0 bridgehead atoms. The lowest BCUT2D eigenvalue weighted by Crippen LogP contribution is -2.49. The van der Waals surface area contributed by atoms with E-state index in [0.717, 1.165) is 37.6 Å². The Hall–Kier alpha value is -1.54. The highest BCUT2D eigenvalue weighted by Gasteiger charge is 2.62. The summed E-state index contributed by atoms with van der Waals surface area (Å²) in [5.41, 5.74) is 0. The molecule has 1 N–H and O–H groups in total. The molecule has 0 saturated carbocycles. The van der Waals surface area contributed by atoms with Gasteiger partial charge in [-0.1, -0.05) is 13.3 Å². The summed E-state index contributed by atoms with van der Waals surface area (Å²) < 4.78 is 66.8. The largest absolute Gasteiger partial charge is 0.508 e. The van der Waals surface area contributed by atoms with Gasteiger partial charge in [0.2, 0.25) is 0 Å². The van der Waals surface area contributed by atoms with E-state index in [1.165, 1.54) is 0 Å². The van der Waals surface area contributed by atoms with Crippen LogP contribution in [-0.2, 0) is 9.47 Å². The van der Waals surface area contributed by atoms with E-state index in [0.29, 0.717) is 6.42 Å². The molecule has 0 heterocycles. The van der Waals surface area contributed by atoms with Crippen molar-refractivity contribution >= 4 is 0 Å². The van der Waals surface area contributed by atoms with Crippen molar-refractivity contribution in [2.75, 3.05) is 6.61 Å². The van der Waals surface area contributed by atoms with Crippen LogP contribution in [0.5, 0.6) is 11.5 Å². The second-order valence-corrected chi connectivity index (χ2v) is 4.54. The van der Waals surface area contributed by atoms with Gasteiger partial charge in [-0.15, -0.1) is 0 Å². The maximum Gasteiger partial charge on any atom is 0.494 e. The predicted molar refractivity (Wildman–Crippen MR) is 70.0 cm³/mol. The van der Waals surface area contributed by atoms with Crippen LogP contribution in [0, 0.1) is 0 Å². The van der Waals surface area contributed by atoms with Crippen LogP contribution < -0.4 is 4.74 Å². The van der Waals surface area contributed by atoms with Crippen LogP contribution in [0.15, 0.2) is 24.3 Å². The van der Waals surface area contributed by atoms with Crippen LogP contribution >= 0.6 is 0 Å². The normalized spacial score (nSPS) is 13.9. The minimum atomic E-state index is -4.90. The van der Waals surface area contributed by atoms with Gasteiger partial charge in [-0.05, 0) is 37.6 Å². The van der Waals surface area contributed by atoms with E-state index in [4.69, 9.17) is 9.84 Å². The van der Waals surface area contributed by atoms with E-state index in [2.05, 4.69) is 9.47 Å². The smallest absolute Gasteiger partial charge is 0.494 e. The first-order valence-corrected chi connectivity index (χ1v) is 6.71. The van der Waals surface area contributed by atoms with Crippen LogP contribution in [0.3, 0.4) is 0 Å². The van der Waals surface area contributed by atoms with Gasteiger partial charge in [-0.2, -0.15) is 17.6 Å². The van der Waals surface area contributed by atoms with Crippen molar-refractivity contribution in [2.45, 2.75) is 45.2 Å². The van der Waals surface area contributed by atoms with E-state index < -0.39 is 24.3 Å². The zero-order chi connectivity index (χ0) is 16.8. The van der Waals surface area contributed by atoms with E-state index >= 15 is 0 Å². The van der Waals surface area contributed by atoms with Crippen molar-refractivity contribution in [2.24, 2.45) is 0 Å². The Kier molecular flexibility index (Phi) is 6.43. The average Bonchev–Trinajstić information content (AvgIpc) is 2.40. The Labute approximate surface area is 125 Å². The summed E-state index contributed by atoms with van der Waals surface area (Å²) in [6, 6.07) is 3.92. The number of rotatable bonds is 9. The molecule has 1 aromatic carbocycles. The maximum absolute atomic E-state index is 13.5. The van der Waals surface area contributed by atoms with Crippen LogP contribution in [0.1, 0.15) is 26.7 Å². The number of hydrogen-bond donors (Lipinski definition) is 1. The highest BCUT2D eigenvalue weighted by atomic mass is 19.3. The summed E-state index contributed by atoms with van der Waals surface area (Å²) in [5.74, 6) is -0.748. The zero-order valence-electron chi connectivity index (χ0n) is 12.2. The molecule has 0 spiro atoms. The molecular formula is C14H18F4O4. The molecule has 126 valence electrons. The van der Waals surface area contributed by atoms with Crippen molar-refractivity contribution < 1.29 is 36.9 Å². The Morgan fingerprint density at radius 1 is 1.09 bits per heavy atom. The molecule has 0 fully saturated rings. The number of benzene rings is 1. The molecule has 0 amide bonds. The Bertz CT molecular complexity index is 451. The van der Waals surface area contributed by atoms with Crippen LogP contribution in [0.25, 0.3) is 0 Å². The van der Waals surface area contributed by atoms with Crippen LogP contribution in [0.4, 0.5) is 17.6 Å². The second kappa shape index (κ2) is 7.64. The molecule has 0 radical (unpaired) electrons. The monoisotopic (exact) mass is 326 g/mol. The van der Waals surface area contributed by atoms with Gasteiger partial charge in [0.15, 0.2) is 6.29 Å². The molecule has 0 aliphatic heterocycles. The second-order valence-electron chi connectivity index (χ2n) is 4.54. The lowest BCUT2D eigenvalue weighted by atomic mass is 10.3. The van der Waals surface area contributed by atoms with Gasteiger partial charge in [0.25, 0.3) is 0 Å². The van der Waals surface area contributed by atoms with Crippen molar-refractivity contribution in [1.29, 1.82) is 0 Å². The highest BCUT2D eigenvalue weighted by molar-refractivity contribution is 5.30. The van der Waals surface area contributed by atoms with Crippen molar-refractivity contribution in [3.63, 3.8) is 0 Å². The summed E-state index contributed by atoms with van der Waals surface area (Å²) in [6.45, 7) is 3.08. The summed E-state index contributed by atoms with van der Waals surface area (Å²) in [7, 11) is 0. The number of phenolic OH excluding ortho intramolecular Hbond substituents is 1. The lowest BCUT2D eigenvalue weighted by molar-refractivity contribution is -0.434. The molecule has 1 atom stereocenters. The van der Waals surface area contributed by atoms with Crippen molar-refractivity contribution in [1.82, 2.24) is 0 Å². The third kappa shape index (κ3) is 5.34. The first-order chi connectivity index (χ1) is 10.2. The Morgan fingerprint density at radius 3 is 2.23 bits per heavy atom. The fourth-order valence-corrected chi connectivity index (χ4v) is 1.43. The maximum atomic E-state index is 13.5. The van der Waals surface area contributed by atoms with E-state index in [1.807, 2.05) is 6.92 Å². The molecule has 4 nitrogen and oxygen atoms in total. The molecule has 22 heavy (non-hydrogen) atoms. The number of unbranched alkanes of at least 4 members (excludes halogenated alkanes) is 1. The van der Waals surface area contributed by atoms with Crippen LogP contribution in [0.2, 0.25) is 0 Å². The minimum Gasteiger partial charge on any atom is -0.508 e. The SMILES string of the molecule is CCCCOC(C)OC(F)(F)C(F)(F)Oc1ccc(O)cc1. The van der Waals surface area contributed by atoms with Gasteiger partial charge in [0.1, 0.15) is 11.5 Å². The topological polar surface area (TPSA) is 47.9 Å². The summed E-state index contributed by atoms with van der Waals surface area (Å²) in [5, 5.41) is 9.00. The predicted octanol–water partition coefficient (Wildman–Crippen LogP) is 4.14. The van der Waals surface area contributed by atoms with E-state index in [1.54, 1.807) is 0 Å². The minimum absolute atomic E-state index is 0.123. The highest BCUT2D eigenvalue weighted by Crippen LogP contribution is 2.38. The van der Waals surface area contributed by atoms with Gasteiger partial charge in [-0.25, -0.2) is 0 Å². The van der Waals surface area contributed by atoms with Gasteiger partial charge >= 0.3 is 12.2 Å².